The maximum Gasteiger partial charge on any atom is 0.0780 e. The standard InChI is InChI=1S/C18H28Cl3N/c1-2-3-4-5-6-7-8-9-10-11-12-22-15-13-16(19)18(21)17(20)14-15/h13-14,22H,2-12H2,1H3. The average molecular weight is 365 g/mol. The van der Waals surface area contributed by atoms with Crippen LogP contribution >= 0.6 is 34.8 Å². The fourth-order valence-corrected chi connectivity index (χ4v) is 3.10. The van der Waals surface area contributed by atoms with Crippen LogP contribution in [0.1, 0.15) is 71.1 Å². The van der Waals surface area contributed by atoms with Crippen LogP contribution in [0.5, 0.6) is 0 Å². The highest BCUT2D eigenvalue weighted by Crippen LogP contribution is 2.33. The first-order valence-electron chi connectivity index (χ1n) is 8.53. The van der Waals surface area contributed by atoms with Gasteiger partial charge in [0.05, 0.1) is 15.1 Å². The molecule has 0 fully saturated rings. The molecule has 0 bridgehead atoms. The minimum absolute atomic E-state index is 0.424. The Kier molecular flexibility index (Phi) is 11.2. The Morgan fingerprint density at radius 3 is 1.68 bits per heavy atom. The summed E-state index contributed by atoms with van der Waals surface area (Å²) in [5.41, 5.74) is 0.940. The summed E-state index contributed by atoms with van der Waals surface area (Å²) in [6.07, 6.45) is 13.5. The minimum atomic E-state index is 0.424. The molecule has 1 N–H and O–H groups in total. The molecule has 22 heavy (non-hydrogen) atoms. The fraction of sp³-hybridized carbons (Fsp3) is 0.667. The van der Waals surface area contributed by atoms with E-state index >= 15 is 0 Å². The molecule has 4 heteroatoms. The quantitative estimate of drug-likeness (QED) is 0.293. The minimum Gasteiger partial charge on any atom is -0.385 e. The van der Waals surface area contributed by atoms with Gasteiger partial charge in [0.15, 0.2) is 0 Å². The zero-order valence-corrected chi connectivity index (χ0v) is 15.8. The molecular weight excluding hydrogens is 337 g/mol. The molecule has 0 heterocycles. The number of anilines is 1. The summed E-state index contributed by atoms with van der Waals surface area (Å²) >= 11 is 17.9. The Labute approximate surface area is 150 Å². The number of nitrogens with one attached hydrogen (secondary N) is 1. The largest absolute Gasteiger partial charge is 0.385 e. The van der Waals surface area contributed by atoms with Crippen molar-refractivity contribution in [3.63, 3.8) is 0 Å². The van der Waals surface area contributed by atoms with Gasteiger partial charge in [0.2, 0.25) is 0 Å². The van der Waals surface area contributed by atoms with E-state index in [1.54, 1.807) is 0 Å². The van der Waals surface area contributed by atoms with Gasteiger partial charge in [-0.1, -0.05) is 99.5 Å². The highest BCUT2D eigenvalue weighted by Gasteiger charge is 2.05. The second-order valence-corrected chi connectivity index (χ2v) is 7.05. The Balaban J connectivity index is 2.00. The van der Waals surface area contributed by atoms with Crippen LogP contribution < -0.4 is 5.32 Å². The summed E-state index contributed by atoms with van der Waals surface area (Å²) < 4.78 is 0. The molecule has 1 aromatic carbocycles. The molecule has 1 nitrogen and oxygen atoms in total. The third-order valence-electron chi connectivity index (χ3n) is 3.84. The molecule has 0 aliphatic heterocycles. The van der Waals surface area contributed by atoms with Gasteiger partial charge >= 0.3 is 0 Å². The number of hydrogen-bond acceptors (Lipinski definition) is 1. The molecule has 0 spiro atoms. The lowest BCUT2D eigenvalue weighted by Crippen LogP contribution is -2.01. The molecule has 0 amide bonds. The molecule has 0 saturated carbocycles. The van der Waals surface area contributed by atoms with E-state index in [1.165, 1.54) is 64.2 Å². The third kappa shape index (κ3) is 8.50. The summed E-state index contributed by atoms with van der Waals surface area (Å²) in [6.45, 7) is 3.21. The monoisotopic (exact) mass is 363 g/mol. The SMILES string of the molecule is CCCCCCCCCCCCNc1cc(Cl)c(Cl)c(Cl)c1. The molecule has 0 radical (unpaired) electrons. The first kappa shape index (κ1) is 19.9. The van der Waals surface area contributed by atoms with Crippen molar-refractivity contribution in [2.24, 2.45) is 0 Å². The predicted octanol–water partition coefficient (Wildman–Crippen LogP) is 7.98. The van der Waals surface area contributed by atoms with Gasteiger partial charge in [-0.25, -0.2) is 0 Å². The first-order chi connectivity index (χ1) is 10.6. The van der Waals surface area contributed by atoms with E-state index in [0.717, 1.165) is 12.2 Å². The number of halogens is 3. The van der Waals surface area contributed by atoms with Crippen molar-refractivity contribution in [2.45, 2.75) is 71.1 Å². The Bertz CT molecular complexity index is 398. The van der Waals surface area contributed by atoms with Crippen LogP contribution in [-0.4, -0.2) is 6.54 Å². The van der Waals surface area contributed by atoms with Crippen LogP contribution in [0.15, 0.2) is 12.1 Å². The summed E-state index contributed by atoms with van der Waals surface area (Å²) in [6, 6.07) is 3.65. The molecule has 0 aliphatic carbocycles. The van der Waals surface area contributed by atoms with Crippen molar-refractivity contribution in [3.8, 4) is 0 Å². The highest BCUT2D eigenvalue weighted by molar-refractivity contribution is 6.48. The van der Waals surface area contributed by atoms with Crippen molar-refractivity contribution < 1.29 is 0 Å². The van der Waals surface area contributed by atoms with Crippen LogP contribution in [-0.2, 0) is 0 Å². The molecule has 0 unspecified atom stereocenters. The molecular formula is C18H28Cl3N. The third-order valence-corrected chi connectivity index (χ3v) is 5.04. The van der Waals surface area contributed by atoms with Gasteiger partial charge in [-0.3, -0.25) is 0 Å². The second-order valence-electron chi connectivity index (χ2n) is 5.86. The topological polar surface area (TPSA) is 12.0 Å². The molecule has 0 aromatic heterocycles. The smallest absolute Gasteiger partial charge is 0.0780 e. The van der Waals surface area contributed by atoms with Gasteiger partial charge in [-0.2, -0.15) is 0 Å². The number of unbranched alkanes of at least 4 members (excludes halogenated alkanes) is 9. The molecule has 1 aromatic rings. The zero-order valence-electron chi connectivity index (χ0n) is 13.6. The summed E-state index contributed by atoms with van der Waals surface area (Å²) in [7, 11) is 0. The van der Waals surface area contributed by atoms with E-state index in [2.05, 4.69) is 12.2 Å². The van der Waals surface area contributed by atoms with Gasteiger partial charge < -0.3 is 5.32 Å². The maximum atomic E-state index is 6.01. The van der Waals surface area contributed by atoms with E-state index in [0.29, 0.717) is 15.1 Å². The van der Waals surface area contributed by atoms with Gasteiger partial charge in [0, 0.05) is 12.2 Å². The Morgan fingerprint density at radius 1 is 0.727 bits per heavy atom. The number of hydrogen-bond donors (Lipinski definition) is 1. The summed E-state index contributed by atoms with van der Waals surface area (Å²) in [5.74, 6) is 0. The first-order valence-corrected chi connectivity index (χ1v) is 9.67. The molecule has 0 saturated heterocycles. The maximum absolute atomic E-state index is 6.01. The molecule has 0 atom stereocenters. The van der Waals surface area contributed by atoms with E-state index in [9.17, 15) is 0 Å². The summed E-state index contributed by atoms with van der Waals surface area (Å²) in [4.78, 5) is 0. The van der Waals surface area contributed by atoms with E-state index in [4.69, 9.17) is 34.8 Å². The van der Waals surface area contributed by atoms with Crippen molar-refractivity contribution in [1.82, 2.24) is 0 Å². The van der Waals surface area contributed by atoms with Crippen molar-refractivity contribution in [2.75, 3.05) is 11.9 Å². The van der Waals surface area contributed by atoms with Gasteiger partial charge in [-0.15, -0.1) is 0 Å². The summed E-state index contributed by atoms with van der Waals surface area (Å²) in [5, 5.41) is 4.77. The lowest BCUT2D eigenvalue weighted by Gasteiger charge is -2.09. The highest BCUT2D eigenvalue weighted by atomic mass is 35.5. The lowest BCUT2D eigenvalue weighted by molar-refractivity contribution is 0.560. The van der Waals surface area contributed by atoms with Crippen molar-refractivity contribution in [1.29, 1.82) is 0 Å². The van der Waals surface area contributed by atoms with Crippen LogP contribution in [0.3, 0.4) is 0 Å². The Morgan fingerprint density at radius 2 is 1.18 bits per heavy atom. The van der Waals surface area contributed by atoms with Gasteiger partial charge in [-0.05, 0) is 18.6 Å². The number of benzene rings is 1. The van der Waals surface area contributed by atoms with E-state index < -0.39 is 0 Å². The molecule has 0 aliphatic rings. The second kappa shape index (κ2) is 12.3. The Hall–Kier alpha value is -0.110. The van der Waals surface area contributed by atoms with E-state index in [-0.39, 0.29) is 0 Å². The normalized spacial score (nSPS) is 10.9. The number of rotatable bonds is 12. The zero-order chi connectivity index (χ0) is 16.2. The van der Waals surface area contributed by atoms with Crippen molar-refractivity contribution in [3.05, 3.63) is 27.2 Å². The van der Waals surface area contributed by atoms with Crippen LogP contribution in [0.25, 0.3) is 0 Å². The van der Waals surface area contributed by atoms with Gasteiger partial charge in [0.25, 0.3) is 0 Å². The predicted molar refractivity (Wildman–Crippen MR) is 102 cm³/mol. The van der Waals surface area contributed by atoms with E-state index in [1.807, 2.05) is 12.1 Å². The lowest BCUT2D eigenvalue weighted by atomic mass is 10.1. The molecule has 126 valence electrons. The van der Waals surface area contributed by atoms with Crippen LogP contribution in [0.4, 0.5) is 5.69 Å². The van der Waals surface area contributed by atoms with Crippen LogP contribution in [0, 0.1) is 0 Å². The fourth-order valence-electron chi connectivity index (χ4n) is 2.50. The van der Waals surface area contributed by atoms with Crippen LogP contribution in [0.2, 0.25) is 15.1 Å². The average Bonchev–Trinajstić information content (AvgIpc) is 2.50. The molecule has 1 rings (SSSR count). The van der Waals surface area contributed by atoms with Crippen molar-refractivity contribution >= 4 is 40.5 Å². The van der Waals surface area contributed by atoms with Gasteiger partial charge in [0.1, 0.15) is 0 Å².